The maximum atomic E-state index is 10.4. The molecule has 0 unspecified atom stereocenters. The topological polar surface area (TPSA) is 35.5 Å². The summed E-state index contributed by atoms with van der Waals surface area (Å²) in [5.74, 6) is 0. The molecule has 0 fully saturated rings. The van der Waals surface area contributed by atoms with Crippen molar-refractivity contribution in [2.75, 3.05) is 13.2 Å². The van der Waals surface area contributed by atoms with Gasteiger partial charge in [0.2, 0.25) is 0 Å². The molecule has 0 bridgehead atoms. The molecule has 0 N–H and O–H groups in total. The molecule has 0 aliphatic heterocycles. The van der Waals surface area contributed by atoms with E-state index in [2.05, 4.69) is 9.05 Å². The Kier molecular flexibility index (Phi) is 13.6. The molecular weight excluding hydrogens is 167 g/mol. The Morgan fingerprint density at radius 2 is 1.56 bits per heavy atom. The van der Waals surface area contributed by atoms with Crippen LogP contribution in [-0.4, -0.2) is 51.0 Å². The van der Waals surface area contributed by atoms with Gasteiger partial charge in [-0.1, -0.05) is 0 Å². The van der Waals surface area contributed by atoms with E-state index >= 15 is 0 Å². The Hall–Kier alpha value is 1.41. The summed E-state index contributed by atoms with van der Waals surface area (Å²) in [6.45, 7) is 4.47. The third kappa shape index (κ3) is 9.41. The fourth-order valence-corrected chi connectivity index (χ4v) is 0.832. The average Bonchev–Trinajstić information content (AvgIpc) is 1.68. The van der Waals surface area contributed by atoms with Gasteiger partial charge in [-0.3, -0.25) is 4.57 Å². The summed E-state index contributed by atoms with van der Waals surface area (Å²) in [6, 6.07) is 0. The van der Waals surface area contributed by atoms with Crippen molar-refractivity contribution in [2.45, 2.75) is 13.8 Å². The summed E-state index contributed by atoms with van der Waals surface area (Å²) >= 11 is 0. The van der Waals surface area contributed by atoms with Crippen LogP contribution in [0.15, 0.2) is 0 Å². The van der Waals surface area contributed by atoms with Crippen LogP contribution >= 0.6 is 8.25 Å². The Labute approximate surface area is 86.1 Å². The molecule has 0 aromatic heterocycles. The van der Waals surface area contributed by atoms with Crippen LogP contribution in [-0.2, 0) is 13.6 Å². The molecule has 0 aliphatic carbocycles. The van der Waals surface area contributed by atoms with Crippen LogP contribution in [0.1, 0.15) is 13.8 Å². The molecule has 0 saturated carbocycles. The molecule has 54 valence electrons. The molecule has 0 aromatic rings. The zero-order chi connectivity index (χ0) is 6.41. The van der Waals surface area contributed by atoms with E-state index < -0.39 is 8.25 Å². The predicted octanol–water partition coefficient (Wildman–Crippen LogP) is 0.533. The van der Waals surface area contributed by atoms with Crippen LogP contribution in [0.25, 0.3) is 0 Å². The van der Waals surface area contributed by atoms with E-state index in [-0.39, 0.29) is 37.7 Å². The van der Waals surface area contributed by atoms with Crippen LogP contribution in [0.4, 0.5) is 0 Å². The van der Waals surface area contributed by atoms with Gasteiger partial charge < -0.3 is 9.05 Å². The second-order valence-electron chi connectivity index (χ2n) is 1.12. The van der Waals surface area contributed by atoms with Crippen LogP contribution in [0, 0.1) is 0 Å². The molecule has 0 atom stereocenters. The second-order valence-corrected chi connectivity index (χ2v) is 2.19. The van der Waals surface area contributed by atoms with Gasteiger partial charge in [-0.05, 0) is 13.8 Å². The molecule has 0 spiro atoms. The standard InChI is InChI=1S/C4H11O3P.Ca.2H/c1-3-6-8(5)7-4-2;;;/h8H,3-4H2,1-2H3;;;. The zero-order valence-electron chi connectivity index (χ0n) is 5.14. The van der Waals surface area contributed by atoms with Crippen LogP contribution in [0.2, 0.25) is 0 Å². The summed E-state index contributed by atoms with van der Waals surface area (Å²) in [5, 5.41) is 0. The summed E-state index contributed by atoms with van der Waals surface area (Å²) in [4.78, 5) is 0. The van der Waals surface area contributed by atoms with Gasteiger partial charge in [0.15, 0.2) is 0 Å². The molecule has 0 saturated heterocycles. The Bertz CT molecular complexity index is 70.2. The molecule has 5 heteroatoms. The van der Waals surface area contributed by atoms with E-state index in [1.807, 2.05) is 0 Å². The fraction of sp³-hybridized carbons (Fsp3) is 1.00. The van der Waals surface area contributed by atoms with Gasteiger partial charge in [-0.25, -0.2) is 0 Å². The summed E-state index contributed by atoms with van der Waals surface area (Å²) < 4.78 is 19.6. The first-order valence-electron chi connectivity index (χ1n) is 2.60. The van der Waals surface area contributed by atoms with Crippen molar-refractivity contribution in [3.8, 4) is 0 Å². The quantitative estimate of drug-likeness (QED) is 0.467. The Morgan fingerprint density at radius 3 is 1.78 bits per heavy atom. The minimum atomic E-state index is -2.14. The van der Waals surface area contributed by atoms with Gasteiger partial charge in [0, 0.05) is 0 Å². The normalized spacial score (nSPS) is 9.22. The Balaban J connectivity index is 0. The van der Waals surface area contributed by atoms with Crippen molar-refractivity contribution in [1.82, 2.24) is 0 Å². The van der Waals surface area contributed by atoms with E-state index in [4.69, 9.17) is 0 Å². The summed E-state index contributed by atoms with van der Waals surface area (Å²) in [6.07, 6.45) is 0. The van der Waals surface area contributed by atoms with Crippen molar-refractivity contribution in [1.29, 1.82) is 0 Å². The average molecular weight is 180 g/mol. The fourth-order valence-electron chi connectivity index (χ4n) is 0.277. The monoisotopic (exact) mass is 180 g/mol. The van der Waals surface area contributed by atoms with E-state index in [1.165, 1.54) is 0 Å². The molecule has 0 amide bonds. The first-order valence-corrected chi connectivity index (χ1v) is 3.83. The zero-order valence-corrected chi connectivity index (χ0v) is 6.14. The van der Waals surface area contributed by atoms with E-state index in [1.54, 1.807) is 13.8 Å². The van der Waals surface area contributed by atoms with Gasteiger partial charge in [-0.2, -0.15) is 0 Å². The van der Waals surface area contributed by atoms with E-state index in [0.29, 0.717) is 13.2 Å². The van der Waals surface area contributed by atoms with Crippen molar-refractivity contribution >= 4 is 46.0 Å². The van der Waals surface area contributed by atoms with Crippen LogP contribution in [0.5, 0.6) is 0 Å². The van der Waals surface area contributed by atoms with Crippen LogP contribution < -0.4 is 0 Å². The van der Waals surface area contributed by atoms with Crippen molar-refractivity contribution in [2.24, 2.45) is 0 Å². The minimum absolute atomic E-state index is 0. The van der Waals surface area contributed by atoms with Crippen molar-refractivity contribution in [3.05, 3.63) is 0 Å². The Morgan fingerprint density at radius 1 is 1.22 bits per heavy atom. The molecule has 0 aromatic carbocycles. The SMILES string of the molecule is CCO[PH](=O)OCC.[CaH2]. The van der Waals surface area contributed by atoms with Gasteiger partial charge in [0.1, 0.15) is 0 Å². The molecule has 0 rings (SSSR count). The molecule has 0 radical (unpaired) electrons. The summed E-state index contributed by atoms with van der Waals surface area (Å²) in [7, 11) is -2.14. The van der Waals surface area contributed by atoms with Gasteiger partial charge in [0.25, 0.3) is 0 Å². The summed E-state index contributed by atoms with van der Waals surface area (Å²) in [5.41, 5.74) is 0. The number of rotatable bonds is 4. The van der Waals surface area contributed by atoms with E-state index in [9.17, 15) is 4.57 Å². The van der Waals surface area contributed by atoms with E-state index in [0.717, 1.165) is 0 Å². The first-order chi connectivity index (χ1) is 3.81. The molecule has 3 nitrogen and oxygen atoms in total. The third-order valence-electron chi connectivity index (χ3n) is 0.524. The van der Waals surface area contributed by atoms with Gasteiger partial charge in [0.05, 0.1) is 13.2 Å². The molecule has 9 heavy (non-hydrogen) atoms. The van der Waals surface area contributed by atoms with Gasteiger partial charge in [-0.15, -0.1) is 0 Å². The molecule has 0 aliphatic rings. The second kappa shape index (κ2) is 9.41. The molecule has 0 heterocycles. The number of hydrogen-bond acceptors (Lipinski definition) is 3. The third-order valence-corrected chi connectivity index (χ3v) is 1.57. The van der Waals surface area contributed by atoms with Crippen molar-refractivity contribution < 1.29 is 13.6 Å². The van der Waals surface area contributed by atoms with Crippen molar-refractivity contribution in [3.63, 3.8) is 0 Å². The molecular formula is C4H13CaO3P. The van der Waals surface area contributed by atoms with Crippen LogP contribution in [0.3, 0.4) is 0 Å². The van der Waals surface area contributed by atoms with Gasteiger partial charge >= 0.3 is 46.0 Å². The maximum absolute atomic E-state index is 10.4. The number of hydrogen-bond donors (Lipinski definition) is 0. The first kappa shape index (κ1) is 13.0. The predicted molar refractivity (Wildman–Crippen MR) is 40.8 cm³/mol.